The van der Waals surface area contributed by atoms with Crippen molar-refractivity contribution in [1.29, 1.82) is 0 Å². The zero-order valence-electron chi connectivity index (χ0n) is 20.3. The minimum atomic E-state index is -1.62. The van der Waals surface area contributed by atoms with Crippen LogP contribution in [0.2, 0.25) is 0 Å². The maximum atomic E-state index is 12.6. The van der Waals surface area contributed by atoms with Crippen molar-refractivity contribution in [2.24, 2.45) is 11.7 Å². The van der Waals surface area contributed by atoms with E-state index in [-0.39, 0.29) is 11.5 Å². The van der Waals surface area contributed by atoms with Crippen molar-refractivity contribution in [3.63, 3.8) is 0 Å². The Morgan fingerprint density at radius 3 is 2.50 bits per heavy atom. The molecule has 2 aromatic rings. The van der Waals surface area contributed by atoms with E-state index in [1.54, 1.807) is 37.3 Å². The third-order valence-corrected chi connectivity index (χ3v) is 6.19. The smallest absolute Gasteiger partial charge is 0.378 e. The van der Waals surface area contributed by atoms with Crippen molar-refractivity contribution in [1.82, 2.24) is 9.55 Å². The first-order valence-electron chi connectivity index (χ1n) is 11.6. The summed E-state index contributed by atoms with van der Waals surface area (Å²) < 4.78 is 28.7. The van der Waals surface area contributed by atoms with Gasteiger partial charge in [-0.1, -0.05) is 25.1 Å². The van der Waals surface area contributed by atoms with Gasteiger partial charge in [-0.25, -0.2) is 9.59 Å². The van der Waals surface area contributed by atoms with Crippen molar-refractivity contribution in [3.8, 4) is 5.75 Å². The number of ether oxygens (including phenoxy) is 5. The lowest BCUT2D eigenvalue weighted by atomic mass is 10.00. The summed E-state index contributed by atoms with van der Waals surface area (Å²) in [5, 5.41) is 21.3. The van der Waals surface area contributed by atoms with Gasteiger partial charge in [0.15, 0.2) is 12.3 Å². The van der Waals surface area contributed by atoms with Crippen molar-refractivity contribution in [2.45, 2.75) is 50.0 Å². The van der Waals surface area contributed by atoms with Gasteiger partial charge in [-0.15, -0.1) is 0 Å². The predicted molar refractivity (Wildman–Crippen MR) is 126 cm³/mol. The number of esters is 1. The molecule has 0 spiro atoms. The average molecular weight is 533 g/mol. The van der Waals surface area contributed by atoms with Crippen LogP contribution in [-0.4, -0.2) is 75.6 Å². The number of carbonyl (C=O) groups is 2. The van der Waals surface area contributed by atoms with Gasteiger partial charge < -0.3 is 39.6 Å². The van der Waals surface area contributed by atoms with E-state index in [1.807, 2.05) is 4.98 Å². The van der Waals surface area contributed by atoms with Crippen LogP contribution < -0.4 is 21.7 Å². The van der Waals surface area contributed by atoms with Gasteiger partial charge in [-0.3, -0.25) is 19.1 Å². The van der Waals surface area contributed by atoms with Crippen LogP contribution in [0.4, 0.5) is 0 Å². The van der Waals surface area contributed by atoms with Crippen molar-refractivity contribution in [2.75, 3.05) is 7.11 Å². The molecule has 0 radical (unpaired) electrons. The van der Waals surface area contributed by atoms with E-state index >= 15 is 0 Å². The molecule has 0 bridgehead atoms. The molecule has 1 saturated heterocycles. The molecule has 4 rings (SSSR count). The van der Waals surface area contributed by atoms with Gasteiger partial charge in [-0.05, 0) is 18.2 Å². The molecule has 3 heterocycles. The van der Waals surface area contributed by atoms with Crippen LogP contribution in [0.25, 0.3) is 0 Å². The van der Waals surface area contributed by atoms with E-state index in [9.17, 15) is 29.4 Å². The second-order valence-electron chi connectivity index (χ2n) is 8.73. The van der Waals surface area contributed by atoms with Crippen LogP contribution >= 0.6 is 0 Å². The molecule has 14 heteroatoms. The van der Waals surface area contributed by atoms with Gasteiger partial charge in [0.2, 0.25) is 18.0 Å². The second-order valence-corrected chi connectivity index (χ2v) is 8.73. The minimum Gasteiger partial charge on any atom is -0.457 e. The highest BCUT2D eigenvalue weighted by atomic mass is 16.7. The molecule has 38 heavy (non-hydrogen) atoms. The summed E-state index contributed by atoms with van der Waals surface area (Å²) in [5.41, 5.74) is 4.06. The zero-order valence-corrected chi connectivity index (χ0v) is 20.3. The molecule has 8 atom stereocenters. The molecule has 204 valence electrons. The van der Waals surface area contributed by atoms with E-state index in [1.165, 1.54) is 7.11 Å². The van der Waals surface area contributed by atoms with Gasteiger partial charge in [0.05, 0.1) is 6.10 Å². The molecule has 5 N–H and O–H groups in total. The Hall–Kier alpha value is -3.82. The summed E-state index contributed by atoms with van der Waals surface area (Å²) in [7, 11) is 1.24. The lowest BCUT2D eigenvalue weighted by Gasteiger charge is -2.35. The fourth-order valence-corrected chi connectivity index (χ4v) is 4.15. The van der Waals surface area contributed by atoms with Crippen LogP contribution in [0.5, 0.6) is 5.75 Å². The Kier molecular flexibility index (Phi) is 8.08. The first kappa shape index (κ1) is 27.2. The lowest BCUT2D eigenvalue weighted by Crippen LogP contribution is -2.52. The molecular formula is C24H27N3O11. The largest absolute Gasteiger partial charge is 0.457 e. The molecule has 0 aliphatic carbocycles. The quantitative estimate of drug-likeness (QED) is 0.228. The predicted octanol–water partition coefficient (Wildman–Crippen LogP) is -1.48. The zero-order chi connectivity index (χ0) is 27.6. The third-order valence-electron chi connectivity index (χ3n) is 6.19. The molecule has 1 aromatic heterocycles. The highest BCUT2D eigenvalue weighted by Gasteiger charge is 2.52. The highest BCUT2D eigenvalue weighted by Crippen LogP contribution is 2.35. The molecule has 2 aliphatic heterocycles. The Morgan fingerprint density at radius 2 is 1.87 bits per heavy atom. The number of H-pyrrole nitrogens is 1. The first-order chi connectivity index (χ1) is 18.1. The van der Waals surface area contributed by atoms with E-state index in [0.29, 0.717) is 0 Å². The monoisotopic (exact) mass is 533 g/mol. The number of aromatic amines is 1. The standard InChI is InChI=1S/C24H27N3O11/c1-11-13(28)10-14(22(32)35-12-6-4-3-5-7-12)36-23(11)38-19(20(25)31)18-17(34-2)16(30)21(37-18)27-9-8-15(29)26-24(27)33/h3-11,13,16-19,21,23,28,30H,1-2H3,(H2,25,31)(H,26,29,33)/t11-,13-,16+,17-,18-,19+,21+,23+/m0/s1. The minimum absolute atomic E-state index is 0.238. The number of nitrogens with zero attached hydrogens (tertiary/aromatic N) is 1. The Bertz CT molecular complexity index is 1310. The highest BCUT2D eigenvalue weighted by molar-refractivity contribution is 5.88. The molecular weight excluding hydrogens is 506 g/mol. The van der Waals surface area contributed by atoms with Crippen LogP contribution in [0, 0.1) is 5.92 Å². The maximum Gasteiger partial charge on any atom is 0.378 e. The Labute approximate surface area is 215 Å². The van der Waals surface area contributed by atoms with Gasteiger partial charge >= 0.3 is 11.7 Å². The number of amides is 1. The lowest BCUT2D eigenvalue weighted by molar-refractivity contribution is -0.225. The number of aliphatic hydroxyl groups is 2. The van der Waals surface area contributed by atoms with Crippen molar-refractivity contribution < 1.29 is 43.5 Å². The fourth-order valence-electron chi connectivity index (χ4n) is 4.15. The van der Waals surface area contributed by atoms with E-state index < -0.39 is 72.1 Å². The molecule has 1 amide bonds. The summed E-state index contributed by atoms with van der Waals surface area (Å²) in [6.45, 7) is 1.55. The number of aliphatic hydroxyl groups excluding tert-OH is 2. The summed E-state index contributed by atoms with van der Waals surface area (Å²) in [5.74, 6) is -2.85. The van der Waals surface area contributed by atoms with Gasteiger partial charge in [-0.2, -0.15) is 0 Å². The number of aromatic nitrogens is 2. The summed E-state index contributed by atoms with van der Waals surface area (Å²) in [4.78, 5) is 50.8. The molecule has 14 nitrogen and oxygen atoms in total. The maximum absolute atomic E-state index is 12.6. The molecule has 1 aromatic carbocycles. The number of rotatable bonds is 8. The van der Waals surface area contributed by atoms with E-state index in [4.69, 9.17) is 29.4 Å². The number of primary amides is 1. The summed E-state index contributed by atoms with van der Waals surface area (Å²) >= 11 is 0. The number of methoxy groups -OCH3 is 1. The second kappa shape index (κ2) is 11.3. The molecule has 1 fully saturated rings. The number of hydrogen-bond donors (Lipinski definition) is 4. The van der Waals surface area contributed by atoms with Crippen molar-refractivity contribution >= 4 is 11.9 Å². The number of nitrogens with two attached hydrogens (primary N) is 1. The normalized spacial score (nSPS) is 29.7. The molecule has 0 saturated carbocycles. The van der Waals surface area contributed by atoms with E-state index in [2.05, 4.69) is 0 Å². The number of benzene rings is 1. The molecule has 0 unspecified atom stereocenters. The van der Waals surface area contributed by atoms with Crippen LogP contribution in [-0.2, 0) is 28.5 Å². The summed E-state index contributed by atoms with van der Waals surface area (Å²) in [6, 6.07) is 9.21. The van der Waals surface area contributed by atoms with Gasteiger partial charge in [0, 0.05) is 25.3 Å². The van der Waals surface area contributed by atoms with E-state index in [0.717, 1.165) is 22.9 Å². The van der Waals surface area contributed by atoms with Gasteiger partial charge in [0.25, 0.3) is 5.56 Å². The van der Waals surface area contributed by atoms with Crippen LogP contribution in [0.15, 0.2) is 64.0 Å². The fraction of sp³-hybridized carbons (Fsp3) is 0.417. The molecule has 2 aliphatic rings. The van der Waals surface area contributed by atoms with Crippen LogP contribution in [0.3, 0.4) is 0 Å². The number of nitrogens with one attached hydrogen (secondary N) is 1. The van der Waals surface area contributed by atoms with Gasteiger partial charge in [0.1, 0.15) is 24.1 Å². The number of para-hydroxylation sites is 1. The SMILES string of the molecule is CO[C@H]1[C@@H](O)[C@H](n2ccc(=O)[nH]c2=O)O[C@@H]1[C@@H](O[C@H]1OC(C(=O)Oc2ccccc2)=C[C@H](O)[C@@H]1C)C(N)=O. The number of hydrogen-bond acceptors (Lipinski definition) is 11. The van der Waals surface area contributed by atoms with Crippen LogP contribution in [0.1, 0.15) is 13.2 Å². The Balaban J connectivity index is 1.55. The Morgan fingerprint density at radius 1 is 1.16 bits per heavy atom. The average Bonchev–Trinajstić information content (AvgIpc) is 3.20. The number of carbonyl (C=O) groups excluding carboxylic acids is 2. The summed E-state index contributed by atoms with van der Waals surface area (Å²) in [6.07, 6.45) is -7.36. The van der Waals surface area contributed by atoms with Crippen molar-refractivity contribution in [3.05, 3.63) is 75.3 Å². The third kappa shape index (κ3) is 5.54. The topological polar surface area (TPSA) is 202 Å². The first-order valence-corrected chi connectivity index (χ1v) is 11.6.